The standard InChI is InChI=1S/C19H18N2O3/c1-24-14-7-6-12-10-13(8-9-20-17(12)11-14)21-18(22)15-4-2-3-5-16(15)19(21)23/h2-7,11,13,20H,8-10H2,1H3. The van der Waals surface area contributed by atoms with E-state index in [1.54, 1.807) is 31.4 Å². The van der Waals surface area contributed by atoms with Crippen LogP contribution >= 0.6 is 0 Å². The minimum Gasteiger partial charge on any atom is -0.497 e. The van der Waals surface area contributed by atoms with E-state index in [1.165, 1.54) is 4.90 Å². The molecule has 2 heterocycles. The number of nitrogens with one attached hydrogen (secondary N) is 1. The van der Waals surface area contributed by atoms with Gasteiger partial charge in [-0.2, -0.15) is 0 Å². The largest absolute Gasteiger partial charge is 0.497 e. The Hall–Kier alpha value is -2.82. The third-order valence-corrected chi connectivity index (χ3v) is 4.76. The first-order chi connectivity index (χ1) is 11.7. The highest BCUT2D eigenvalue weighted by Crippen LogP contribution is 2.31. The number of amides is 2. The van der Waals surface area contributed by atoms with Gasteiger partial charge in [-0.25, -0.2) is 0 Å². The van der Waals surface area contributed by atoms with Crippen molar-refractivity contribution >= 4 is 17.5 Å². The van der Waals surface area contributed by atoms with Crippen LogP contribution in [0.1, 0.15) is 32.7 Å². The summed E-state index contributed by atoms with van der Waals surface area (Å²) in [4.78, 5) is 26.8. The van der Waals surface area contributed by atoms with Gasteiger partial charge in [0.15, 0.2) is 0 Å². The average molecular weight is 322 g/mol. The quantitative estimate of drug-likeness (QED) is 0.864. The van der Waals surface area contributed by atoms with E-state index in [-0.39, 0.29) is 17.9 Å². The van der Waals surface area contributed by atoms with E-state index in [9.17, 15) is 9.59 Å². The Morgan fingerprint density at radius 3 is 2.46 bits per heavy atom. The van der Waals surface area contributed by atoms with Gasteiger partial charge in [-0.1, -0.05) is 18.2 Å². The van der Waals surface area contributed by atoms with Crippen LogP contribution in [0, 0.1) is 0 Å². The van der Waals surface area contributed by atoms with Crippen molar-refractivity contribution in [1.29, 1.82) is 0 Å². The minimum absolute atomic E-state index is 0.139. The predicted octanol–water partition coefficient (Wildman–Crippen LogP) is 2.72. The van der Waals surface area contributed by atoms with Gasteiger partial charge in [0.05, 0.1) is 18.2 Å². The molecule has 2 aliphatic rings. The zero-order chi connectivity index (χ0) is 16.7. The molecule has 0 bridgehead atoms. The van der Waals surface area contributed by atoms with Crippen LogP contribution in [0.25, 0.3) is 0 Å². The number of carbonyl (C=O) groups is 2. The van der Waals surface area contributed by atoms with Crippen LogP contribution in [0.4, 0.5) is 5.69 Å². The Morgan fingerprint density at radius 2 is 1.79 bits per heavy atom. The fourth-order valence-corrected chi connectivity index (χ4v) is 3.51. The molecule has 2 amide bonds. The van der Waals surface area contributed by atoms with Gasteiger partial charge in [-0.15, -0.1) is 0 Å². The van der Waals surface area contributed by atoms with E-state index in [1.807, 2.05) is 18.2 Å². The molecule has 0 saturated heterocycles. The number of hydrogen-bond acceptors (Lipinski definition) is 4. The normalized spacial score (nSPS) is 19.4. The van der Waals surface area contributed by atoms with Crippen molar-refractivity contribution in [3.05, 3.63) is 59.2 Å². The van der Waals surface area contributed by atoms with Crippen LogP contribution in [0.5, 0.6) is 5.75 Å². The van der Waals surface area contributed by atoms with E-state index in [2.05, 4.69) is 5.32 Å². The average Bonchev–Trinajstić information content (AvgIpc) is 2.76. The van der Waals surface area contributed by atoms with Crippen molar-refractivity contribution in [2.75, 3.05) is 19.0 Å². The first kappa shape index (κ1) is 14.8. The van der Waals surface area contributed by atoms with Crippen molar-refractivity contribution in [3.63, 3.8) is 0 Å². The maximum Gasteiger partial charge on any atom is 0.261 e. The highest BCUT2D eigenvalue weighted by molar-refractivity contribution is 6.21. The van der Waals surface area contributed by atoms with Gasteiger partial charge in [0.1, 0.15) is 5.75 Å². The summed E-state index contributed by atoms with van der Waals surface area (Å²) in [7, 11) is 1.64. The predicted molar refractivity (Wildman–Crippen MR) is 90.5 cm³/mol. The lowest BCUT2D eigenvalue weighted by molar-refractivity contribution is 0.0579. The number of ether oxygens (including phenoxy) is 1. The number of methoxy groups -OCH3 is 1. The zero-order valence-electron chi connectivity index (χ0n) is 13.4. The van der Waals surface area contributed by atoms with Crippen LogP contribution in [-0.2, 0) is 6.42 Å². The van der Waals surface area contributed by atoms with E-state index in [4.69, 9.17) is 4.74 Å². The number of imide groups is 1. The molecular formula is C19H18N2O3. The van der Waals surface area contributed by atoms with Gasteiger partial charge in [-0.05, 0) is 36.6 Å². The summed E-state index contributed by atoms with van der Waals surface area (Å²) in [5.41, 5.74) is 3.12. The van der Waals surface area contributed by atoms with Crippen LogP contribution < -0.4 is 10.1 Å². The molecule has 2 aromatic carbocycles. The van der Waals surface area contributed by atoms with E-state index >= 15 is 0 Å². The Kier molecular flexibility index (Phi) is 3.49. The lowest BCUT2D eigenvalue weighted by atomic mass is 10.0. The molecule has 1 atom stereocenters. The molecule has 4 rings (SSSR count). The van der Waals surface area contributed by atoms with Gasteiger partial charge in [0, 0.05) is 24.3 Å². The first-order valence-electron chi connectivity index (χ1n) is 8.07. The van der Waals surface area contributed by atoms with Gasteiger partial charge < -0.3 is 10.1 Å². The fourth-order valence-electron chi connectivity index (χ4n) is 3.51. The van der Waals surface area contributed by atoms with Crippen LogP contribution in [0.2, 0.25) is 0 Å². The molecule has 1 N–H and O–H groups in total. The summed E-state index contributed by atoms with van der Waals surface area (Å²) in [6, 6.07) is 12.8. The van der Waals surface area contributed by atoms with Crippen molar-refractivity contribution < 1.29 is 14.3 Å². The third kappa shape index (κ3) is 2.24. The molecule has 0 fully saturated rings. The second kappa shape index (κ2) is 5.67. The van der Waals surface area contributed by atoms with Crippen LogP contribution in [0.3, 0.4) is 0 Å². The molecular weight excluding hydrogens is 304 g/mol. The summed E-state index contributed by atoms with van der Waals surface area (Å²) >= 11 is 0. The lowest BCUT2D eigenvalue weighted by Crippen LogP contribution is -2.41. The smallest absolute Gasteiger partial charge is 0.261 e. The maximum absolute atomic E-state index is 12.7. The summed E-state index contributed by atoms with van der Waals surface area (Å²) in [5.74, 6) is 0.426. The highest BCUT2D eigenvalue weighted by Gasteiger charge is 2.40. The molecule has 122 valence electrons. The third-order valence-electron chi connectivity index (χ3n) is 4.76. The van der Waals surface area contributed by atoms with Gasteiger partial charge in [0.25, 0.3) is 11.8 Å². The number of nitrogens with zero attached hydrogens (tertiary/aromatic N) is 1. The number of fused-ring (bicyclic) bond motifs is 2. The first-order valence-corrected chi connectivity index (χ1v) is 8.07. The Morgan fingerprint density at radius 1 is 1.08 bits per heavy atom. The molecule has 0 aromatic heterocycles. The molecule has 0 radical (unpaired) electrons. The summed E-state index contributed by atoms with van der Waals surface area (Å²) in [6.07, 6.45) is 1.38. The number of hydrogen-bond donors (Lipinski definition) is 1. The summed E-state index contributed by atoms with van der Waals surface area (Å²) in [6.45, 7) is 0.707. The molecule has 0 saturated carbocycles. The molecule has 5 nitrogen and oxygen atoms in total. The van der Waals surface area contributed by atoms with Crippen molar-refractivity contribution in [2.45, 2.75) is 18.9 Å². The van der Waals surface area contributed by atoms with Crippen LogP contribution in [0.15, 0.2) is 42.5 Å². The van der Waals surface area contributed by atoms with Crippen molar-refractivity contribution in [3.8, 4) is 5.75 Å². The monoisotopic (exact) mass is 322 g/mol. The molecule has 24 heavy (non-hydrogen) atoms. The fraction of sp³-hybridized carbons (Fsp3) is 0.263. The second-order valence-corrected chi connectivity index (χ2v) is 6.12. The lowest BCUT2D eigenvalue weighted by Gasteiger charge is -2.24. The number of anilines is 1. The molecule has 0 aliphatic carbocycles. The minimum atomic E-state index is -0.183. The molecule has 2 aliphatic heterocycles. The number of carbonyl (C=O) groups excluding carboxylic acids is 2. The second-order valence-electron chi connectivity index (χ2n) is 6.12. The Labute approximate surface area is 140 Å². The van der Waals surface area contributed by atoms with E-state index < -0.39 is 0 Å². The summed E-state index contributed by atoms with van der Waals surface area (Å²) in [5, 5.41) is 3.37. The SMILES string of the molecule is COc1ccc2c(c1)NCCC(N1C(=O)c3ccccc3C1=O)C2. The van der Waals surface area contributed by atoms with E-state index in [0.717, 1.165) is 23.4 Å². The topological polar surface area (TPSA) is 58.6 Å². The maximum atomic E-state index is 12.7. The zero-order valence-corrected chi connectivity index (χ0v) is 13.4. The Bertz CT molecular complexity index is 796. The number of rotatable bonds is 2. The van der Waals surface area contributed by atoms with Crippen molar-refractivity contribution in [2.24, 2.45) is 0 Å². The summed E-state index contributed by atoms with van der Waals surface area (Å²) < 4.78 is 5.27. The highest BCUT2D eigenvalue weighted by atomic mass is 16.5. The molecule has 5 heteroatoms. The van der Waals surface area contributed by atoms with E-state index in [0.29, 0.717) is 24.1 Å². The molecule has 1 unspecified atom stereocenters. The van der Waals surface area contributed by atoms with Gasteiger partial charge in [0.2, 0.25) is 0 Å². The molecule has 2 aromatic rings. The Balaban J connectivity index is 1.66. The molecule has 0 spiro atoms. The number of benzene rings is 2. The van der Waals surface area contributed by atoms with Gasteiger partial charge >= 0.3 is 0 Å². The van der Waals surface area contributed by atoms with Crippen LogP contribution in [-0.4, -0.2) is 36.4 Å². The van der Waals surface area contributed by atoms with Crippen molar-refractivity contribution in [1.82, 2.24) is 4.90 Å². The van der Waals surface area contributed by atoms with Gasteiger partial charge in [-0.3, -0.25) is 14.5 Å².